The number of thioether (sulfide) groups is 1. The molecule has 5 nitrogen and oxygen atoms in total. The first-order valence-corrected chi connectivity index (χ1v) is 9.59. The SMILES string of the molecule is CC(=O)Nc1ccc(S[C@@H](C)c2nc3sc(C)c(C)c3c(=O)[nH]2)cc1. The zero-order valence-corrected chi connectivity index (χ0v) is 16.1. The summed E-state index contributed by atoms with van der Waals surface area (Å²) in [6.45, 7) is 7.47. The van der Waals surface area contributed by atoms with Crippen LogP contribution in [0.3, 0.4) is 0 Å². The summed E-state index contributed by atoms with van der Waals surface area (Å²) in [6, 6.07) is 7.62. The zero-order valence-electron chi connectivity index (χ0n) is 14.5. The number of fused-ring (bicyclic) bond motifs is 1. The van der Waals surface area contributed by atoms with Crippen LogP contribution in [0.1, 0.15) is 35.4 Å². The minimum Gasteiger partial charge on any atom is -0.326 e. The third-order valence-electron chi connectivity index (χ3n) is 3.93. The van der Waals surface area contributed by atoms with E-state index in [1.165, 1.54) is 6.92 Å². The van der Waals surface area contributed by atoms with Crippen molar-refractivity contribution in [3.63, 3.8) is 0 Å². The first-order chi connectivity index (χ1) is 11.8. The van der Waals surface area contributed by atoms with Crippen molar-refractivity contribution in [2.24, 2.45) is 0 Å². The molecule has 0 radical (unpaired) electrons. The van der Waals surface area contributed by atoms with Gasteiger partial charge in [-0.2, -0.15) is 0 Å². The number of rotatable bonds is 4. The second-order valence-electron chi connectivity index (χ2n) is 5.88. The van der Waals surface area contributed by atoms with Crippen LogP contribution in [0, 0.1) is 13.8 Å². The summed E-state index contributed by atoms with van der Waals surface area (Å²) in [5, 5.41) is 3.45. The molecule has 2 N–H and O–H groups in total. The lowest BCUT2D eigenvalue weighted by Crippen LogP contribution is -2.12. The molecule has 1 aromatic carbocycles. The van der Waals surface area contributed by atoms with Gasteiger partial charge in [0, 0.05) is 22.4 Å². The number of carbonyl (C=O) groups is 1. The zero-order chi connectivity index (χ0) is 18.1. The molecule has 0 spiro atoms. The van der Waals surface area contributed by atoms with Gasteiger partial charge in [-0.1, -0.05) is 0 Å². The highest BCUT2D eigenvalue weighted by Gasteiger charge is 2.16. The number of nitrogens with one attached hydrogen (secondary N) is 2. The van der Waals surface area contributed by atoms with Gasteiger partial charge in [-0.05, 0) is 50.6 Å². The lowest BCUT2D eigenvalue weighted by atomic mass is 10.2. The molecule has 0 bridgehead atoms. The van der Waals surface area contributed by atoms with E-state index < -0.39 is 0 Å². The molecular formula is C18H19N3O2S2. The van der Waals surface area contributed by atoms with Crippen molar-refractivity contribution in [2.75, 3.05) is 5.32 Å². The van der Waals surface area contributed by atoms with Crippen molar-refractivity contribution in [3.05, 3.63) is 50.9 Å². The Morgan fingerprint density at radius 2 is 1.96 bits per heavy atom. The molecule has 0 saturated carbocycles. The molecule has 0 fully saturated rings. The van der Waals surface area contributed by atoms with Gasteiger partial charge in [0.1, 0.15) is 10.7 Å². The quantitative estimate of drug-likeness (QED) is 0.664. The minimum atomic E-state index is -0.0922. The van der Waals surface area contributed by atoms with Gasteiger partial charge in [-0.25, -0.2) is 4.98 Å². The Morgan fingerprint density at radius 3 is 2.60 bits per heavy atom. The standard InChI is InChI=1S/C18H19N3O2S2/c1-9-10(2)25-18-15(9)17(23)20-16(21-18)11(3)24-14-7-5-13(6-8-14)19-12(4)22/h5-8,11H,1-4H3,(H,19,22)(H,20,21,23)/t11-/m0/s1. The van der Waals surface area contributed by atoms with Gasteiger partial charge in [0.05, 0.1) is 10.6 Å². The lowest BCUT2D eigenvalue weighted by molar-refractivity contribution is -0.114. The molecule has 0 aliphatic rings. The molecule has 1 atom stereocenters. The van der Waals surface area contributed by atoms with Crippen LogP contribution in [0.25, 0.3) is 10.2 Å². The highest BCUT2D eigenvalue weighted by atomic mass is 32.2. The number of hydrogen-bond donors (Lipinski definition) is 2. The Kier molecular flexibility index (Phi) is 4.96. The largest absolute Gasteiger partial charge is 0.326 e. The Bertz CT molecular complexity index is 990. The van der Waals surface area contributed by atoms with Crippen molar-refractivity contribution in [2.45, 2.75) is 37.8 Å². The van der Waals surface area contributed by atoms with Gasteiger partial charge in [-0.3, -0.25) is 9.59 Å². The Labute approximate surface area is 153 Å². The molecule has 0 saturated heterocycles. The number of aromatic nitrogens is 2. The van der Waals surface area contributed by atoms with Gasteiger partial charge in [-0.15, -0.1) is 23.1 Å². The number of benzene rings is 1. The summed E-state index contributed by atoms with van der Waals surface area (Å²) in [7, 11) is 0. The third kappa shape index (κ3) is 3.77. The van der Waals surface area contributed by atoms with Gasteiger partial charge in [0.25, 0.3) is 5.56 Å². The monoisotopic (exact) mass is 373 g/mol. The maximum absolute atomic E-state index is 12.4. The van der Waals surface area contributed by atoms with E-state index in [0.29, 0.717) is 11.2 Å². The van der Waals surface area contributed by atoms with Gasteiger partial charge >= 0.3 is 0 Å². The number of carbonyl (C=O) groups excluding carboxylic acids is 1. The number of anilines is 1. The van der Waals surface area contributed by atoms with Crippen LogP contribution < -0.4 is 10.9 Å². The topological polar surface area (TPSA) is 74.8 Å². The number of nitrogens with zero attached hydrogens (tertiary/aromatic N) is 1. The molecule has 1 amide bonds. The van der Waals surface area contributed by atoms with Gasteiger partial charge < -0.3 is 10.3 Å². The second kappa shape index (κ2) is 7.01. The molecule has 0 aliphatic carbocycles. The molecule has 7 heteroatoms. The molecule has 25 heavy (non-hydrogen) atoms. The fourth-order valence-electron chi connectivity index (χ4n) is 2.54. The number of H-pyrrole nitrogens is 1. The number of aryl methyl sites for hydroxylation is 2. The number of amides is 1. The third-order valence-corrected chi connectivity index (χ3v) is 6.15. The molecule has 3 aromatic rings. The minimum absolute atomic E-state index is 0.00595. The van der Waals surface area contributed by atoms with Crippen molar-refractivity contribution < 1.29 is 4.79 Å². The van der Waals surface area contributed by atoms with Crippen LogP contribution in [0.15, 0.2) is 34.0 Å². The van der Waals surface area contributed by atoms with E-state index in [1.54, 1.807) is 23.1 Å². The van der Waals surface area contributed by atoms with E-state index in [2.05, 4.69) is 15.3 Å². The summed E-state index contributed by atoms with van der Waals surface area (Å²) in [4.78, 5) is 34.0. The van der Waals surface area contributed by atoms with Crippen LogP contribution in [-0.2, 0) is 4.79 Å². The summed E-state index contributed by atoms with van der Waals surface area (Å²) >= 11 is 3.17. The van der Waals surface area contributed by atoms with E-state index >= 15 is 0 Å². The van der Waals surface area contributed by atoms with Crippen molar-refractivity contribution in [3.8, 4) is 0 Å². The van der Waals surface area contributed by atoms with Crippen LogP contribution >= 0.6 is 23.1 Å². The molecule has 2 aromatic heterocycles. The lowest BCUT2D eigenvalue weighted by Gasteiger charge is -2.11. The highest BCUT2D eigenvalue weighted by molar-refractivity contribution is 7.99. The summed E-state index contributed by atoms with van der Waals surface area (Å²) in [5.41, 5.74) is 1.70. The Balaban J connectivity index is 1.83. The van der Waals surface area contributed by atoms with Crippen LogP contribution in [-0.4, -0.2) is 15.9 Å². The summed E-state index contributed by atoms with van der Waals surface area (Å²) < 4.78 is 0. The van der Waals surface area contributed by atoms with Crippen molar-refractivity contribution in [1.29, 1.82) is 0 Å². The van der Waals surface area contributed by atoms with E-state index in [4.69, 9.17) is 0 Å². The first-order valence-electron chi connectivity index (χ1n) is 7.89. The maximum atomic E-state index is 12.4. The predicted molar refractivity (Wildman–Crippen MR) is 105 cm³/mol. The second-order valence-corrected chi connectivity index (χ2v) is 8.50. The fraction of sp³-hybridized carbons (Fsp3) is 0.278. The summed E-state index contributed by atoms with van der Waals surface area (Å²) in [5.74, 6) is 0.583. The molecule has 0 aliphatic heterocycles. The van der Waals surface area contributed by atoms with E-state index in [9.17, 15) is 9.59 Å². The summed E-state index contributed by atoms with van der Waals surface area (Å²) in [6.07, 6.45) is 0. The van der Waals surface area contributed by atoms with Crippen LogP contribution in [0.2, 0.25) is 0 Å². The molecule has 0 unspecified atom stereocenters. The Hall–Kier alpha value is -2.12. The molecule has 3 rings (SSSR count). The average molecular weight is 374 g/mol. The van der Waals surface area contributed by atoms with Gasteiger partial charge in [0.15, 0.2) is 0 Å². The number of hydrogen-bond acceptors (Lipinski definition) is 5. The van der Waals surface area contributed by atoms with Crippen LogP contribution in [0.5, 0.6) is 0 Å². The first kappa shape index (κ1) is 17.7. The highest BCUT2D eigenvalue weighted by Crippen LogP contribution is 2.34. The fourth-order valence-corrected chi connectivity index (χ4v) is 4.51. The van der Waals surface area contributed by atoms with Crippen molar-refractivity contribution >= 4 is 44.9 Å². The average Bonchev–Trinajstić information content (AvgIpc) is 2.83. The van der Waals surface area contributed by atoms with Crippen LogP contribution in [0.4, 0.5) is 5.69 Å². The molecule has 2 heterocycles. The molecule has 130 valence electrons. The van der Waals surface area contributed by atoms with E-state index in [-0.39, 0.29) is 16.7 Å². The number of thiophene rings is 1. The Morgan fingerprint density at radius 1 is 1.28 bits per heavy atom. The van der Waals surface area contributed by atoms with Gasteiger partial charge in [0.2, 0.25) is 5.91 Å². The van der Waals surface area contributed by atoms with E-state index in [1.807, 2.05) is 45.0 Å². The normalized spacial score (nSPS) is 12.3. The predicted octanol–water partition coefficient (Wildman–Crippen LogP) is 4.41. The number of aromatic amines is 1. The molecular weight excluding hydrogens is 354 g/mol. The van der Waals surface area contributed by atoms with Crippen molar-refractivity contribution in [1.82, 2.24) is 9.97 Å². The maximum Gasteiger partial charge on any atom is 0.259 e. The smallest absolute Gasteiger partial charge is 0.259 e. The van der Waals surface area contributed by atoms with E-state index in [0.717, 1.165) is 25.9 Å².